The first-order valence-corrected chi connectivity index (χ1v) is 3.29. The van der Waals surface area contributed by atoms with Crippen LogP contribution >= 0.6 is 0 Å². The average molecular weight is 163 g/mol. The second-order valence-corrected chi connectivity index (χ2v) is 2.25. The third-order valence-electron chi connectivity index (χ3n) is 1.46. The highest BCUT2D eigenvalue weighted by atomic mass is 16.5. The maximum Gasteiger partial charge on any atom is 0.273 e. The van der Waals surface area contributed by atoms with Gasteiger partial charge in [0.2, 0.25) is 0 Å². The molecule has 0 aromatic carbocycles. The third-order valence-corrected chi connectivity index (χ3v) is 1.46. The Hall–Kier alpha value is -1.91. The maximum atomic E-state index is 10.7. The number of amides is 1. The Morgan fingerprint density at radius 2 is 2.42 bits per heavy atom. The summed E-state index contributed by atoms with van der Waals surface area (Å²) in [6.07, 6.45) is 1.55. The zero-order valence-electron chi connectivity index (χ0n) is 6.02. The standard InChI is InChI=1S/C7H5N3O2/c8-7(11)6-5-4(12-10-6)2-1-3-9-5/h1-3H,(H2,8,11). The number of fused-ring (bicyclic) bond motifs is 1. The summed E-state index contributed by atoms with van der Waals surface area (Å²) in [4.78, 5) is 14.6. The molecule has 0 aliphatic heterocycles. The minimum absolute atomic E-state index is 0.0746. The van der Waals surface area contributed by atoms with Crippen molar-refractivity contribution in [3.63, 3.8) is 0 Å². The lowest BCUT2D eigenvalue weighted by Crippen LogP contribution is -2.11. The minimum atomic E-state index is -0.632. The highest BCUT2D eigenvalue weighted by molar-refractivity contribution is 6.01. The van der Waals surface area contributed by atoms with E-state index in [0.717, 1.165) is 0 Å². The molecular formula is C7H5N3O2. The summed E-state index contributed by atoms with van der Waals surface area (Å²) < 4.78 is 4.80. The number of rotatable bonds is 1. The minimum Gasteiger partial charge on any atom is -0.364 e. The number of hydrogen-bond donors (Lipinski definition) is 1. The molecule has 1 amide bonds. The summed E-state index contributed by atoms with van der Waals surface area (Å²) in [5.74, 6) is -0.632. The number of nitrogens with two attached hydrogens (primary N) is 1. The molecule has 2 rings (SSSR count). The van der Waals surface area contributed by atoms with Gasteiger partial charge in [0.05, 0.1) is 0 Å². The Labute approximate surface area is 67.2 Å². The van der Waals surface area contributed by atoms with Gasteiger partial charge in [0.1, 0.15) is 5.52 Å². The summed E-state index contributed by atoms with van der Waals surface area (Å²) in [5, 5.41) is 3.48. The molecular weight excluding hydrogens is 158 g/mol. The van der Waals surface area contributed by atoms with Crippen molar-refractivity contribution in [2.24, 2.45) is 5.73 Å². The van der Waals surface area contributed by atoms with Crippen LogP contribution in [-0.4, -0.2) is 16.0 Å². The van der Waals surface area contributed by atoms with Crippen LogP contribution < -0.4 is 5.73 Å². The average Bonchev–Trinajstić information content (AvgIpc) is 2.47. The smallest absolute Gasteiger partial charge is 0.273 e. The zero-order chi connectivity index (χ0) is 8.55. The second kappa shape index (κ2) is 2.30. The van der Waals surface area contributed by atoms with Gasteiger partial charge in [0, 0.05) is 6.20 Å². The molecule has 0 aliphatic rings. The van der Waals surface area contributed by atoms with E-state index in [-0.39, 0.29) is 5.69 Å². The molecule has 0 fully saturated rings. The Morgan fingerprint density at radius 1 is 1.58 bits per heavy atom. The molecule has 12 heavy (non-hydrogen) atoms. The molecule has 5 heteroatoms. The molecule has 2 aromatic heterocycles. The first-order chi connectivity index (χ1) is 5.79. The number of aromatic nitrogens is 2. The SMILES string of the molecule is NC(=O)c1noc2cccnc12. The van der Waals surface area contributed by atoms with Gasteiger partial charge in [-0.2, -0.15) is 0 Å². The number of carbonyl (C=O) groups is 1. The Morgan fingerprint density at radius 3 is 3.17 bits per heavy atom. The van der Waals surface area contributed by atoms with Crippen LogP contribution in [0, 0.1) is 0 Å². The van der Waals surface area contributed by atoms with Crippen LogP contribution in [0.2, 0.25) is 0 Å². The number of primary amides is 1. The van der Waals surface area contributed by atoms with Crippen LogP contribution in [0.4, 0.5) is 0 Å². The van der Waals surface area contributed by atoms with E-state index in [2.05, 4.69) is 10.1 Å². The molecule has 5 nitrogen and oxygen atoms in total. The Kier molecular flexibility index (Phi) is 1.30. The molecule has 0 radical (unpaired) electrons. The molecule has 2 aromatic rings. The zero-order valence-corrected chi connectivity index (χ0v) is 6.02. The van der Waals surface area contributed by atoms with E-state index in [1.54, 1.807) is 18.3 Å². The normalized spacial score (nSPS) is 10.3. The first-order valence-electron chi connectivity index (χ1n) is 3.29. The van der Waals surface area contributed by atoms with E-state index in [0.29, 0.717) is 11.1 Å². The topological polar surface area (TPSA) is 82.0 Å². The fourth-order valence-electron chi connectivity index (χ4n) is 0.942. The fourth-order valence-corrected chi connectivity index (χ4v) is 0.942. The second-order valence-electron chi connectivity index (χ2n) is 2.25. The van der Waals surface area contributed by atoms with Crippen LogP contribution in [0.15, 0.2) is 22.9 Å². The first kappa shape index (κ1) is 6.78. The lowest BCUT2D eigenvalue weighted by atomic mass is 10.3. The molecule has 0 unspecified atom stereocenters. The van der Waals surface area contributed by atoms with E-state index in [4.69, 9.17) is 10.3 Å². The van der Waals surface area contributed by atoms with Gasteiger partial charge in [-0.25, -0.2) is 0 Å². The van der Waals surface area contributed by atoms with Gasteiger partial charge in [-0.1, -0.05) is 5.16 Å². The molecule has 60 valence electrons. The van der Waals surface area contributed by atoms with Crippen molar-refractivity contribution in [3.05, 3.63) is 24.0 Å². The van der Waals surface area contributed by atoms with Gasteiger partial charge >= 0.3 is 0 Å². The summed E-state index contributed by atoms with van der Waals surface area (Å²) in [6, 6.07) is 3.36. The van der Waals surface area contributed by atoms with E-state index in [1.165, 1.54) is 0 Å². The molecule has 0 saturated heterocycles. The molecule has 0 bridgehead atoms. The van der Waals surface area contributed by atoms with E-state index in [9.17, 15) is 4.79 Å². The van der Waals surface area contributed by atoms with Crippen LogP contribution in [-0.2, 0) is 0 Å². The molecule has 0 atom stereocenters. The predicted molar refractivity (Wildman–Crippen MR) is 40.3 cm³/mol. The Bertz CT molecular complexity index is 435. The predicted octanol–water partition coefficient (Wildman–Crippen LogP) is 0.322. The monoisotopic (exact) mass is 163 g/mol. The van der Waals surface area contributed by atoms with Gasteiger partial charge in [-0.05, 0) is 12.1 Å². The van der Waals surface area contributed by atoms with Crippen molar-refractivity contribution in [2.45, 2.75) is 0 Å². The Balaban J connectivity index is 2.79. The summed E-state index contributed by atoms with van der Waals surface area (Å²) in [6.45, 7) is 0. The molecule has 0 aliphatic carbocycles. The molecule has 0 spiro atoms. The maximum absolute atomic E-state index is 10.7. The van der Waals surface area contributed by atoms with Crippen LogP contribution in [0.1, 0.15) is 10.5 Å². The molecule has 2 N–H and O–H groups in total. The van der Waals surface area contributed by atoms with Gasteiger partial charge in [-0.3, -0.25) is 9.78 Å². The van der Waals surface area contributed by atoms with Crippen LogP contribution in [0.3, 0.4) is 0 Å². The van der Waals surface area contributed by atoms with E-state index < -0.39 is 5.91 Å². The van der Waals surface area contributed by atoms with Crippen molar-refractivity contribution in [3.8, 4) is 0 Å². The number of nitrogens with zero attached hydrogens (tertiary/aromatic N) is 2. The lowest BCUT2D eigenvalue weighted by molar-refractivity contribution is 0.0993. The fraction of sp³-hybridized carbons (Fsp3) is 0. The third kappa shape index (κ3) is 0.833. The summed E-state index contributed by atoms with van der Waals surface area (Å²) in [5.41, 5.74) is 5.97. The van der Waals surface area contributed by atoms with Crippen molar-refractivity contribution >= 4 is 17.0 Å². The van der Waals surface area contributed by atoms with Crippen LogP contribution in [0.5, 0.6) is 0 Å². The van der Waals surface area contributed by atoms with Gasteiger partial charge < -0.3 is 10.3 Å². The van der Waals surface area contributed by atoms with E-state index >= 15 is 0 Å². The lowest BCUT2D eigenvalue weighted by Gasteiger charge is -1.85. The van der Waals surface area contributed by atoms with E-state index in [1.807, 2.05) is 0 Å². The van der Waals surface area contributed by atoms with Gasteiger partial charge in [-0.15, -0.1) is 0 Å². The number of pyridine rings is 1. The van der Waals surface area contributed by atoms with Crippen molar-refractivity contribution in [1.29, 1.82) is 0 Å². The number of hydrogen-bond acceptors (Lipinski definition) is 4. The molecule has 2 heterocycles. The molecule has 0 saturated carbocycles. The summed E-state index contributed by atoms with van der Waals surface area (Å²) >= 11 is 0. The van der Waals surface area contributed by atoms with Gasteiger partial charge in [0.15, 0.2) is 11.3 Å². The van der Waals surface area contributed by atoms with Crippen molar-refractivity contribution < 1.29 is 9.32 Å². The van der Waals surface area contributed by atoms with Crippen molar-refractivity contribution in [2.75, 3.05) is 0 Å². The quantitative estimate of drug-likeness (QED) is 0.656. The highest BCUT2D eigenvalue weighted by Crippen LogP contribution is 2.13. The highest BCUT2D eigenvalue weighted by Gasteiger charge is 2.12. The van der Waals surface area contributed by atoms with Crippen LogP contribution in [0.25, 0.3) is 11.1 Å². The van der Waals surface area contributed by atoms with Crippen molar-refractivity contribution in [1.82, 2.24) is 10.1 Å². The largest absolute Gasteiger partial charge is 0.364 e. The number of carbonyl (C=O) groups excluding carboxylic acids is 1. The van der Waals surface area contributed by atoms with Gasteiger partial charge in [0.25, 0.3) is 5.91 Å². The summed E-state index contributed by atoms with van der Waals surface area (Å²) in [7, 11) is 0.